The van der Waals surface area contributed by atoms with Crippen molar-refractivity contribution < 1.29 is 9.47 Å². The quantitative estimate of drug-likeness (QED) is 0.855. The van der Waals surface area contributed by atoms with Gasteiger partial charge in [0, 0.05) is 43.9 Å². The van der Waals surface area contributed by atoms with Gasteiger partial charge >= 0.3 is 0 Å². The number of ether oxygens (including phenoxy) is 2. The lowest BCUT2D eigenvalue weighted by atomic mass is 9.95. The van der Waals surface area contributed by atoms with Gasteiger partial charge in [-0.25, -0.2) is 4.98 Å². The number of rotatable bonds is 3. The van der Waals surface area contributed by atoms with E-state index in [9.17, 15) is 0 Å². The number of hydrogen-bond acceptors (Lipinski definition) is 5. The third-order valence-corrected chi connectivity index (χ3v) is 5.61. The van der Waals surface area contributed by atoms with Crippen LogP contribution in [0.15, 0.2) is 35.5 Å². The first-order valence-electron chi connectivity index (χ1n) is 9.42. The van der Waals surface area contributed by atoms with Crippen LogP contribution in [0.2, 0.25) is 0 Å². The Kier molecular flexibility index (Phi) is 3.89. The molecule has 2 aromatic rings. The van der Waals surface area contributed by atoms with E-state index in [4.69, 9.17) is 14.5 Å². The normalized spacial score (nSPS) is 19.3. The molecule has 5 heteroatoms. The molecule has 1 aromatic heterocycles. The second kappa shape index (κ2) is 6.40. The number of anilines is 1. The molecular weight excluding hydrogens is 326 g/mol. The summed E-state index contributed by atoms with van der Waals surface area (Å²) in [6.45, 7) is 3.29. The van der Waals surface area contributed by atoms with Gasteiger partial charge in [-0.1, -0.05) is 12.1 Å². The Morgan fingerprint density at radius 2 is 2.08 bits per heavy atom. The van der Waals surface area contributed by atoms with E-state index in [1.165, 1.54) is 22.4 Å². The molecule has 0 bridgehead atoms. The predicted molar refractivity (Wildman–Crippen MR) is 101 cm³/mol. The van der Waals surface area contributed by atoms with Crippen LogP contribution < -0.4 is 9.64 Å². The molecule has 0 unspecified atom stereocenters. The summed E-state index contributed by atoms with van der Waals surface area (Å²) in [4.78, 5) is 11.8. The molecule has 0 amide bonds. The highest BCUT2D eigenvalue weighted by atomic mass is 16.5. The van der Waals surface area contributed by atoms with E-state index in [0.29, 0.717) is 6.54 Å². The van der Waals surface area contributed by atoms with Crippen molar-refractivity contribution in [3.8, 4) is 5.88 Å². The van der Waals surface area contributed by atoms with Crippen LogP contribution in [0, 0.1) is 0 Å². The van der Waals surface area contributed by atoms with Gasteiger partial charge in [0.05, 0.1) is 31.0 Å². The molecule has 26 heavy (non-hydrogen) atoms. The van der Waals surface area contributed by atoms with E-state index >= 15 is 0 Å². The number of hydrogen-bond donors (Lipinski definition) is 0. The van der Waals surface area contributed by atoms with Crippen LogP contribution in [0.1, 0.15) is 35.1 Å². The highest BCUT2D eigenvalue weighted by molar-refractivity contribution is 6.17. The van der Waals surface area contributed by atoms with Crippen molar-refractivity contribution >= 4 is 11.4 Å². The van der Waals surface area contributed by atoms with Crippen molar-refractivity contribution in [2.45, 2.75) is 31.9 Å². The Hall–Kier alpha value is -2.40. The fraction of sp³-hybridized carbons (Fsp3) is 0.429. The van der Waals surface area contributed by atoms with Gasteiger partial charge in [-0.05, 0) is 29.7 Å². The summed E-state index contributed by atoms with van der Waals surface area (Å²) in [5.41, 5.74) is 7.28. The van der Waals surface area contributed by atoms with Gasteiger partial charge in [0.15, 0.2) is 0 Å². The number of aromatic nitrogens is 1. The van der Waals surface area contributed by atoms with Gasteiger partial charge in [0.1, 0.15) is 6.10 Å². The summed E-state index contributed by atoms with van der Waals surface area (Å²) >= 11 is 0. The van der Waals surface area contributed by atoms with Crippen LogP contribution >= 0.6 is 0 Å². The molecule has 3 aliphatic heterocycles. The van der Waals surface area contributed by atoms with E-state index in [1.807, 2.05) is 6.20 Å². The first-order chi connectivity index (χ1) is 12.8. The van der Waals surface area contributed by atoms with Crippen molar-refractivity contribution in [1.82, 2.24) is 4.98 Å². The summed E-state index contributed by atoms with van der Waals surface area (Å²) in [5, 5.41) is 0. The maximum absolute atomic E-state index is 6.31. The second-order valence-electron chi connectivity index (χ2n) is 7.22. The van der Waals surface area contributed by atoms with Gasteiger partial charge in [0.2, 0.25) is 5.88 Å². The number of benzene rings is 1. The van der Waals surface area contributed by atoms with Crippen molar-refractivity contribution in [2.24, 2.45) is 4.99 Å². The SMILES string of the molecule is CN1CCc2c(C3=NCc4ccnc(OC5CCOCC5)c43)cccc21. The zero-order chi connectivity index (χ0) is 17.5. The maximum atomic E-state index is 6.31. The predicted octanol–water partition coefficient (Wildman–Crippen LogP) is 2.98. The fourth-order valence-electron chi connectivity index (χ4n) is 4.19. The molecule has 0 atom stereocenters. The second-order valence-corrected chi connectivity index (χ2v) is 7.22. The Morgan fingerprint density at radius 3 is 2.96 bits per heavy atom. The molecule has 0 saturated carbocycles. The lowest BCUT2D eigenvalue weighted by Crippen LogP contribution is -2.27. The molecule has 4 heterocycles. The van der Waals surface area contributed by atoms with Crippen LogP contribution in [0.3, 0.4) is 0 Å². The van der Waals surface area contributed by atoms with E-state index in [0.717, 1.165) is 56.2 Å². The Morgan fingerprint density at radius 1 is 1.19 bits per heavy atom. The third kappa shape index (κ3) is 2.58. The first-order valence-corrected chi connectivity index (χ1v) is 9.42. The molecule has 3 aliphatic rings. The van der Waals surface area contributed by atoms with Crippen molar-refractivity contribution in [3.63, 3.8) is 0 Å². The van der Waals surface area contributed by atoms with Gasteiger partial charge in [-0.3, -0.25) is 4.99 Å². The number of fused-ring (bicyclic) bond motifs is 2. The lowest BCUT2D eigenvalue weighted by Gasteiger charge is -2.24. The topological polar surface area (TPSA) is 47.0 Å². The van der Waals surface area contributed by atoms with Crippen molar-refractivity contribution in [1.29, 1.82) is 0 Å². The summed E-state index contributed by atoms with van der Waals surface area (Å²) in [6.07, 6.45) is 4.92. The first kappa shape index (κ1) is 15.8. The zero-order valence-electron chi connectivity index (χ0n) is 15.1. The van der Waals surface area contributed by atoms with Crippen LogP contribution in [0.5, 0.6) is 5.88 Å². The monoisotopic (exact) mass is 349 g/mol. The fourth-order valence-corrected chi connectivity index (χ4v) is 4.19. The maximum Gasteiger partial charge on any atom is 0.223 e. The van der Waals surface area contributed by atoms with E-state index in [-0.39, 0.29) is 6.10 Å². The van der Waals surface area contributed by atoms with E-state index in [1.54, 1.807) is 0 Å². The lowest BCUT2D eigenvalue weighted by molar-refractivity contribution is 0.0236. The molecule has 0 aliphatic carbocycles. The molecule has 5 nitrogen and oxygen atoms in total. The summed E-state index contributed by atoms with van der Waals surface area (Å²) in [6, 6.07) is 8.59. The molecule has 0 N–H and O–H groups in total. The molecular formula is C21H23N3O2. The Bertz CT molecular complexity index is 872. The van der Waals surface area contributed by atoms with Gasteiger partial charge in [0.25, 0.3) is 0 Å². The number of aliphatic imine (C=N–C) groups is 1. The van der Waals surface area contributed by atoms with Gasteiger partial charge < -0.3 is 14.4 Å². The smallest absolute Gasteiger partial charge is 0.223 e. The van der Waals surface area contributed by atoms with Crippen LogP contribution in [0.4, 0.5) is 5.69 Å². The minimum absolute atomic E-state index is 0.178. The van der Waals surface area contributed by atoms with E-state index in [2.05, 4.69) is 41.2 Å². The molecule has 1 saturated heterocycles. The molecule has 1 aromatic carbocycles. The highest BCUT2D eigenvalue weighted by Gasteiger charge is 2.29. The van der Waals surface area contributed by atoms with Gasteiger partial charge in [-0.15, -0.1) is 0 Å². The van der Waals surface area contributed by atoms with Gasteiger partial charge in [-0.2, -0.15) is 0 Å². The summed E-state index contributed by atoms with van der Waals surface area (Å²) in [5.74, 6) is 0.731. The van der Waals surface area contributed by atoms with Crippen molar-refractivity contribution in [2.75, 3.05) is 31.7 Å². The zero-order valence-corrected chi connectivity index (χ0v) is 15.1. The third-order valence-electron chi connectivity index (χ3n) is 5.61. The summed E-state index contributed by atoms with van der Waals surface area (Å²) in [7, 11) is 2.15. The minimum atomic E-state index is 0.178. The van der Waals surface area contributed by atoms with Crippen LogP contribution in [-0.2, 0) is 17.7 Å². The molecule has 1 fully saturated rings. The number of nitrogens with zero attached hydrogens (tertiary/aromatic N) is 3. The molecule has 134 valence electrons. The molecule has 5 rings (SSSR count). The van der Waals surface area contributed by atoms with Crippen molar-refractivity contribution in [3.05, 3.63) is 52.7 Å². The Labute approximate surface area is 153 Å². The minimum Gasteiger partial charge on any atom is -0.474 e. The van der Waals surface area contributed by atoms with Crippen LogP contribution in [0.25, 0.3) is 0 Å². The number of pyridine rings is 1. The highest BCUT2D eigenvalue weighted by Crippen LogP contribution is 2.36. The average molecular weight is 349 g/mol. The van der Waals surface area contributed by atoms with E-state index < -0.39 is 0 Å². The Balaban J connectivity index is 1.54. The van der Waals surface area contributed by atoms with Crippen LogP contribution in [-0.4, -0.2) is 43.6 Å². The molecule has 0 radical (unpaired) electrons. The number of likely N-dealkylation sites (N-methyl/N-ethyl adjacent to an activating group) is 1. The standard InChI is InChI=1S/C21H23N3O2/c1-24-10-6-16-17(3-2-4-18(16)24)20-19-14(13-23-20)5-9-22-21(19)26-15-7-11-25-12-8-15/h2-5,9,15H,6-8,10-13H2,1H3. The summed E-state index contributed by atoms with van der Waals surface area (Å²) < 4.78 is 11.8. The largest absolute Gasteiger partial charge is 0.474 e. The average Bonchev–Trinajstić information content (AvgIpc) is 3.27. The molecule has 0 spiro atoms.